The van der Waals surface area contributed by atoms with Crippen LogP contribution in [0.2, 0.25) is 0 Å². The number of ether oxygens (including phenoxy) is 1. The lowest BCUT2D eigenvalue weighted by molar-refractivity contribution is -0.385. The molecule has 0 N–H and O–H groups in total. The van der Waals surface area contributed by atoms with Gasteiger partial charge in [0.05, 0.1) is 17.6 Å². The maximum Gasteiger partial charge on any atom is 0.344 e. The van der Waals surface area contributed by atoms with Gasteiger partial charge in [0.25, 0.3) is 5.69 Å². The fraction of sp³-hybridized carbons (Fsp3) is 0.250. The Morgan fingerprint density at radius 3 is 2.61 bits per heavy atom. The average Bonchev–Trinajstić information content (AvgIpc) is 2.34. The standard InChI is InChI=1S/C12H14N2O4/c1-13(2)8-7-9-5-4-6-10(12(15)18-3)11(9)14(16)17/h4-8H,1-3H3. The quantitative estimate of drug-likeness (QED) is 0.463. The highest BCUT2D eigenvalue weighted by Crippen LogP contribution is 2.25. The molecular formula is C12H14N2O4. The van der Waals surface area contributed by atoms with Crippen molar-refractivity contribution in [2.45, 2.75) is 0 Å². The fourth-order valence-electron chi connectivity index (χ4n) is 1.40. The van der Waals surface area contributed by atoms with Gasteiger partial charge in [0.15, 0.2) is 0 Å². The molecule has 0 amide bonds. The van der Waals surface area contributed by atoms with Gasteiger partial charge in [-0.2, -0.15) is 0 Å². The third-order valence-corrected chi connectivity index (χ3v) is 2.21. The number of hydrogen-bond donors (Lipinski definition) is 0. The van der Waals surface area contributed by atoms with Crippen molar-refractivity contribution in [3.63, 3.8) is 0 Å². The van der Waals surface area contributed by atoms with Crippen LogP contribution >= 0.6 is 0 Å². The predicted octanol–water partition coefficient (Wildman–Crippen LogP) is 1.91. The van der Waals surface area contributed by atoms with Gasteiger partial charge in [0.1, 0.15) is 5.56 Å². The molecule has 0 saturated heterocycles. The van der Waals surface area contributed by atoms with Crippen molar-refractivity contribution in [3.05, 3.63) is 45.6 Å². The molecule has 96 valence electrons. The van der Waals surface area contributed by atoms with Crippen LogP contribution in [0.4, 0.5) is 5.69 Å². The minimum atomic E-state index is -0.721. The molecule has 0 aliphatic heterocycles. The molecule has 6 nitrogen and oxygen atoms in total. The van der Waals surface area contributed by atoms with Crippen LogP contribution in [0.1, 0.15) is 15.9 Å². The molecule has 0 unspecified atom stereocenters. The number of benzene rings is 1. The summed E-state index contributed by atoms with van der Waals surface area (Å²) in [5.74, 6) is -0.721. The van der Waals surface area contributed by atoms with Crippen LogP contribution in [0.3, 0.4) is 0 Å². The fourth-order valence-corrected chi connectivity index (χ4v) is 1.40. The van der Waals surface area contributed by atoms with E-state index < -0.39 is 10.9 Å². The van der Waals surface area contributed by atoms with E-state index in [1.807, 2.05) is 0 Å². The lowest BCUT2D eigenvalue weighted by atomic mass is 10.1. The van der Waals surface area contributed by atoms with Gasteiger partial charge in [0.2, 0.25) is 0 Å². The molecule has 0 aliphatic rings. The van der Waals surface area contributed by atoms with Gasteiger partial charge in [-0.25, -0.2) is 4.79 Å². The van der Waals surface area contributed by atoms with Crippen molar-refractivity contribution in [3.8, 4) is 0 Å². The van der Waals surface area contributed by atoms with E-state index in [1.54, 1.807) is 43.4 Å². The van der Waals surface area contributed by atoms with Crippen LogP contribution in [-0.4, -0.2) is 37.0 Å². The van der Waals surface area contributed by atoms with Crippen LogP contribution in [-0.2, 0) is 4.74 Å². The molecule has 0 fully saturated rings. The van der Waals surface area contributed by atoms with E-state index in [0.717, 1.165) is 0 Å². The predicted molar refractivity (Wildman–Crippen MR) is 67.2 cm³/mol. The van der Waals surface area contributed by atoms with Gasteiger partial charge < -0.3 is 9.64 Å². The second-order valence-corrected chi connectivity index (χ2v) is 3.77. The van der Waals surface area contributed by atoms with Crippen LogP contribution in [0, 0.1) is 10.1 Å². The first-order chi connectivity index (χ1) is 8.47. The van der Waals surface area contributed by atoms with Crippen molar-refractivity contribution in [2.24, 2.45) is 0 Å². The molecule has 0 aromatic heterocycles. The van der Waals surface area contributed by atoms with Gasteiger partial charge in [-0.05, 0) is 24.4 Å². The van der Waals surface area contributed by atoms with Crippen molar-refractivity contribution >= 4 is 17.7 Å². The minimum Gasteiger partial charge on any atom is -0.465 e. The first-order valence-corrected chi connectivity index (χ1v) is 5.17. The molecule has 0 saturated carbocycles. The molecule has 0 bridgehead atoms. The Kier molecular flexibility index (Phi) is 4.42. The van der Waals surface area contributed by atoms with Gasteiger partial charge >= 0.3 is 5.97 Å². The summed E-state index contributed by atoms with van der Waals surface area (Å²) >= 11 is 0. The Morgan fingerprint density at radius 1 is 1.44 bits per heavy atom. The molecular weight excluding hydrogens is 236 g/mol. The summed E-state index contributed by atoms with van der Waals surface area (Å²) in [7, 11) is 4.79. The molecule has 0 atom stereocenters. The third kappa shape index (κ3) is 3.07. The highest BCUT2D eigenvalue weighted by molar-refractivity contribution is 5.95. The zero-order chi connectivity index (χ0) is 13.7. The number of esters is 1. The molecule has 0 radical (unpaired) electrons. The Morgan fingerprint density at radius 2 is 2.11 bits per heavy atom. The van der Waals surface area contributed by atoms with Gasteiger partial charge in [-0.1, -0.05) is 6.07 Å². The lowest BCUT2D eigenvalue weighted by Crippen LogP contribution is -2.07. The monoisotopic (exact) mass is 250 g/mol. The van der Waals surface area contributed by atoms with Crippen LogP contribution in [0.5, 0.6) is 0 Å². The molecule has 18 heavy (non-hydrogen) atoms. The van der Waals surface area contributed by atoms with Crippen molar-refractivity contribution in [1.82, 2.24) is 4.90 Å². The van der Waals surface area contributed by atoms with E-state index in [2.05, 4.69) is 4.74 Å². The Labute approximate surface area is 105 Å². The van der Waals surface area contributed by atoms with Crippen LogP contribution in [0.15, 0.2) is 24.4 Å². The Hall–Kier alpha value is -2.37. The zero-order valence-electron chi connectivity index (χ0n) is 10.4. The number of nitro groups is 1. The van der Waals surface area contributed by atoms with E-state index in [1.165, 1.54) is 13.2 Å². The number of nitrogens with zero attached hydrogens (tertiary/aromatic N) is 2. The summed E-state index contributed by atoms with van der Waals surface area (Å²) in [5.41, 5.74) is 0.0578. The largest absolute Gasteiger partial charge is 0.465 e. The highest BCUT2D eigenvalue weighted by atomic mass is 16.6. The number of methoxy groups -OCH3 is 1. The maximum atomic E-state index is 11.5. The van der Waals surface area contributed by atoms with E-state index in [9.17, 15) is 14.9 Å². The van der Waals surface area contributed by atoms with E-state index >= 15 is 0 Å². The Balaban J connectivity index is 3.35. The van der Waals surface area contributed by atoms with E-state index in [-0.39, 0.29) is 11.3 Å². The summed E-state index contributed by atoms with van der Waals surface area (Å²) in [6.07, 6.45) is 3.24. The van der Waals surface area contributed by atoms with Gasteiger partial charge in [-0.15, -0.1) is 0 Å². The van der Waals surface area contributed by atoms with Crippen molar-refractivity contribution in [1.29, 1.82) is 0 Å². The second kappa shape index (κ2) is 5.81. The normalized spacial score (nSPS) is 10.4. The number of hydrogen-bond acceptors (Lipinski definition) is 5. The van der Waals surface area contributed by atoms with Crippen molar-refractivity contribution in [2.75, 3.05) is 21.2 Å². The molecule has 6 heteroatoms. The van der Waals surface area contributed by atoms with Crippen LogP contribution < -0.4 is 0 Å². The molecule has 1 aromatic carbocycles. The summed E-state index contributed by atoms with van der Waals surface area (Å²) in [6.45, 7) is 0. The summed E-state index contributed by atoms with van der Waals surface area (Å²) in [5, 5.41) is 11.1. The Bertz CT molecular complexity index is 495. The molecule has 1 aromatic rings. The van der Waals surface area contributed by atoms with E-state index in [0.29, 0.717) is 5.56 Å². The summed E-state index contributed by atoms with van der Waals surface area (Å²) in [4.78, 5) is 23.7. The number of carbonyl (C=O) groups excluding carboxylic acids is 1. The van der Waals surface area contributed by atoms with E-state index in [4.69, 9.17) is 0 Å². The highest BCUT2D eigenvalue weighted by Gasteiger charge is 2.23. The second-order valence-electron chi connectivity index (χ2n) is 3.77. The van der Waals surface area contributed by atoms with Crippen LogP contribution in [0.25, 0.3) is 6.08 Å². The summed E-state index contributed by atoms with van der Waals surface area (Å²) in [6, 6.07) is 4.52. The first kappa shape index (κ1) is 13.7. The molecule has 0 heterocycles. The summed E-state index contributed by atoms with van der Waals surface area (Å²) < 4.78 is 4.53. The molecule has 0 aliphatic carbocycles. The lowest BCUT2D eigenvalue weighted by Gasteiger charge is -2.06. The SMILES string of the molecule is COC(=O)c1cccc(C=CN(C)C)c1[N+](=O)[O-]. The maximum absolute atomic E-state index is 11.5. The smallest absolute Gasteiger partial charge is 0.344 e. The van der Waals surface area contributed by atoms with Gasteiger partial charge in [-0.3, -0.25) is 10.1 Å². The third-order valence-electron chi connectivity index (χ3n) is 2.21. The number of rotatable bonds is 4. The average molecular weight is 250 g/mol. The topological polar surface area (TPSA) is 72.7 Å². The number of carbonyl (C=O) groups is 1. The first-order valence-electron chi connectivity index (χ1n) is 5.17. The number of nitro benzene ring substituents is 1. The molecule has 1 rings (SSSR count). The van der Waals surface area contributed by atoms with Crippen molar-refractivity contribution < 1.29 is 14.5 Å². The number of para-hydroxylation sites is 1. The zero-order valence-corrected chi connectivity index (χ0v) is 10.4. The minimum absolute atomic E-state index is 0.0524. The molecule has 0 spiro atoms. The van der Waals surface area contributed by atoms with Gasteiger partial charge in [0, 0.05) is 14.1 Å².